The standard InChI is InChI=1S/C70H114N24O16S2/c1-6-38(3)55(93-60(103)45(24-16-28-80-69(75)76)86-53(97)34-82-52(96)33-83-59(102)47(30-41-18-10-8-11-19-41)88-57(100)40(5)84-64(107)50(36-111)91-58(101)44(72)23-14-26-71)66(109)90-49(32-54(98)99)63(106)87-46(25-17-29-81-70(77)78)61(104)94-56(39(4)7-2)67(110)92-51(37-112)65(108)89-48(31-42-20-12-9-13-21-42)62(105)85-43(35-95)22-15-27-79-68(73)74/h8-13,18-21,35,38-40,43-51,55-56,111-112H,6-7,14-17,22-34,36-37,71-72H2,1-5H3,(H,82,96)(H,83,102)(H,84,107)(H,85,105)(H,86,97)(H,87,106)(H,88,100)(H,89,108)(H,90,109)(H,91,101)(H,92,110)(H,93,103)(H,94,104)(H,98,99)(H4,73,74,79)(H4,75,76,80)(H4,77,78,81)/t38-,39-,40+,43-,44+,45-,46-,47-,48-,49-,50-,51-,55-,56-/m0/s1. The van der Waals surface area contributed by atoms with Crippen molar-refractivity contribution in [2.24, 2.45) is 72.7 Å². The summed E-state index contributed by atoms with van der Waals surface area (Å²) in [7, 11) is 0. The molecule has 40 nitrogen and oxygen atoms in total. The normalized spacial score (nSPS) is 14.6. The monoisotopic (exact) mass is 1610 g/mol. The zero-order valence-electron chi connectivity index (χ0n) is 63.7. The summed E-state index contributed by atoms with van der Waals surface area (Å²) >= 11 is 8.48. The zero-order chi connectivity index (χ0) is 84.0. The van der Waals surface area contributed by atoms with Crippen LogP contribution in [0.2, 0.25) is 0 Å². The van der Waals surface area contributed by atoms with E-state index in [9.17, 15) is 77.0 Å². The van der Waals surface area contributed by atoms with Gasteiger partial charge in [-0.3, -0.25) is 82.1 Å². The molecule has 0 unspecified atom stereocenters. The Hall–Kier alpha value is -10.9. The van der Waals surface area contributed by atoms with Crippen molar-refractivity contribution in [3.05, 3.63) is 71.8 Å². The number of carbonyl (C=O) groups excluding carboxylic acids is 14. The molecule has 2 aromatic carbocycles. The number of guanidine groups is 3. The Bertz CT molecular complexity index is 3520. The van der Waals surface area contributed by atoms with Gasteiger partial charge in [-0.25, -0.2) is 0 Å². The van der Waals surface area contributed by atoms with Crippen molar-refractivity contribution in [1.29, 1.82) is 0 Å². The predicted octanol–water partition coefficient (Wildman–Crippen LogP) is -7.09. The molecule has 0 aliphatic heterocycles. The van der Waals surface area contributed by atoms with Crippen LogP contribution >= 0.6 is 25.3 Å². The highest BCUT2D eigenvalue weighted by Gasteiger charge is 2.38. The molecule has 0 fully saturated rings. The van der Waals surface area contributed by atoms with Crippen LogP contribution in [0.3, 0.4) is 0 Å². The van der Waals surface area contributed by atoms with Crippen LogP contribution in [0.15, 0.2) is 75.6 Å². The van der Waals surface area contributed by atoms with Gasteiger partial charge in [0.05, 0.1) is 31.6 Å². The Morgan fingerprint density at radius 1 is 0.429 bits per heavy atom. The second-order valence-electron chi connectivity index (χ2n) is 26.4. The molecule has 30 N–H and O–H groups in total. The van der Waals surface area contributed by atoms with Crippen LogP contribution in [0.4, 0.5) is 0 Å². The highest BCUT2D eigenvalue weighted by molar-refractivity contribution is 7.80. The van der Waals surface area contributed by atoms with Crippen LogP contribution in [-0.4, -0.2) is 235 Å². The molecule has 13 amide bonds. The fourth-order valence-corrected chi connectivity index (χ4v) is 11.1. The molecule has 0 aliphatic carbocycles. The van der Waals surface area contributed by atoms with E-state index >= 15 is 0 Å². The lowest BCUT2D eigenvalue weighted by Gasteiger charge is -2.30. The van der Waals surface area contributed by atoms with E-state index in [-0.39, 0.29) is 113 Å². The topological polar surface area (TPSA) is 678 Å². The van der Waals surface area contributed by atoms with Crippen molar-refractivity contribution in [3.63, 3.8) is 0 Å². The third-order valence-corrected chi connectivity index (χ3v) is 18.1. The molecule has 0 aliphatic rings. The maximum absolute atomic E-state index is 14.5. The lowest BCUT2D eigenvalue weighted by atomic mass is 9.96. The Balaban J connectivity index is 2.39. The Morgan fingerprint density at radius 2 is 0.812 bits per heavy atom. The second kappa shape index (κ2) is 53.1. The van der Waals surface area contributed by atoms with Crippen LogP contribution in [0.25, 0.3) is 0 Å². The number of rotatable bonds is 54. The van der Waals surface area contributed by atoms with Crippen molar-refractivity contribution in [1.82, 2.24) is 69.1 Å². The molecule has 112 heavy (non-hydrogen) atoms. The minimum Gasteiger partial charge on any atom is -0.481 e. The summed E-state index contributed by atoms with van der Waals surface area (Å²) in [6.07, 6.45) is 0.524. The molecule has 0 saturated carbocycles. The van der Waals surface area contributed by atoms with E-state index in [0.29, 0.717) is 36.8 Å². The molecule has 2 rings (SSSR count). The summed E-state index contributed by atoms with van der Waals surface area (Å²) in [5.41, 5.74) is 45.6. The van der Waals surface area contributed by atoms with Crippen LogP contribution in [0.1, 0.15) is 116 Å². The Kier molecular flexibility index (Phi) is 46.1. The summed E-state index contributed by atoms with van der Waals surface area (Å²) in [6, 6.07) is 0.532. The average Bonchev–Trinajstić information content (AvgIpc) is 0.831. The lowest BCUT2D eigenvalue weighted by Crippen LogP contribution is -2.62. The first-order chi connectivity index (χ1) is 53.1. The van der Waals surface area contributed by atoms with Gasteiger partial charge in [-0.15, -0.1) is 0 Å². The summed E-state index contributed by atoms with van der Waals surface area (Å²) in [5.74, 6) is -16.0. The molecule has 0 heterocycles. The quantitative estimate of drug-likeness (QED) is 0.00962. The summed E-state index contributed by atoms with van der Waals surface area (Å²) < 4.78 is 0. The molecule has 622 valence electrons. The Morgan fingerprint density at radius 3 is 1.26 bits per heavy atom. The van der Waals surface area contributed by atoms with Crippen molar-refractivity contribution in [2.45, 2.75) is 191 Å². The van der Waals surface area contributed by atoms with Crippen LogP contribution in [0.5, 0.6) is 0 Å². The molecule has 0 saturated heterocycles. The largest absolute Gasteiger partial charge is 0.481 e. The van der Waals surface area contributed by atoms with Crippen LogP contribution < -0.4 is 115 Å². The number of nitrogens with zero attached hydrogens (tertiary/aromatic N) is 3. The van der Waals surface area contributed by atoms with Gasteiger partial charge in [-0.05, 0) is 87.8 Å². The van der Waals surface area contributed by atoms with E-state index in [1.165, 1.54) is 6.92 Å². The first-order valence-electron chi connectivity index (χ1n) is 36.6. The van der Waals surface area contributed by atoms with E-state index in [1.54, 1.807) is 88.4 Å². The number of thiol groups is 2. The van der Waals surface area contributed by atoms with E-state index in [2.05, 4.69) is 109 Å². The number of nitrogens with two attached hydrogens (primary N) is 8. The smallest absolute Gasteiger partial charge is 0.305 e. The SMILES string of the molecule is CC[C@H](C)[C@H](NC(=O)[C@H](CCCN=C(N)N)NC(=O)CNC(=O)CNC(=O)[C@H](Cc1ccccc1)NC(=O)[C@@H](C)NC(=O)[C@H](CS)NC(=O)[C@H](N)CCCN)C(=O)N[C@@H](CC(=O)O)C(=O)N[C@@H](CCCN=C(N)N)C(=O)N[C@H](C(=O)N[C@@H](CS)C(=O)N[C@@H](Cc1ccccc1)C(=O)N[C@H](C=O)CCCN=C(N)N)[C@@H](C)CC. The molecule has 42 heteroatoms. The number of hydrogen-bond acceptors (Lipinski definition) is 22. The first kappa shape index (κ1) is 97.2. The number of carboxylic acid groups (broad SMARTS) is 1. The van der Waals surface area contributed by atoms with Gasteiger partial charge in [0.15, 0.2) is 17.9 Å². The second-order valence-corrected chi connectivity index (χ2v) is 27.2. The summed E-state index contributed by atoms with van der Waals surface area (Å²) in [6.45, 7) is 6.66. The molecule has 0 spiro atoms. The van der Waals surface area contributed by atoms with E-state index < -0.39 is 187 Å². The predicted molar refractivity (Wildman–Crippen MR) is 424 cm³/mol. The molecule has 0 aromatic heterocycles. The number of aldehydes is 1. The minimum atomic E-state index is -1.96. The van der Waals surface area contributed by atoms with Crippen molar-refractivity contribution in [2.75, 3.05) is 50.8 Å². The average molecular weight is 1610 g/mol. The Labute approximate surface area is 661 Å². The zero-order valence-corrected chi connectivity index (χ0v) is 65.5. The highest BCUT2D eigenvalue weighted by atomic mass is 32.1. The molecule has 2 aromatic rings. The fraction of sp³-hybridized carbons (Fsp3) is 0.571. The van der Waals surface area contributed by atoms with Crippen molar-refractivity contribution >= 4 is 132 Å². The van der Waals surface area contributed by atoms with Gasteiger partial charge in [-0.2, -0.15) is 25.3 Å². The van der Waals surface area contributed by atoms with Crippen LogP contribution in [0, 0.1) is 11.8 Å². The van der Waals surface area contributed by atoms with E-state index in [0.717, 1.165) is 0 Å². The summed E-state index contributed by atoms with van der Waals surface area (Å²) in [4.78, 5) is 216. The number of aliphatic carboxylic acids is 1. The van der Waals surface area contributed by atoms with Gasteiger partial charge in [0.2, 0.25) is 76.8 Å². The number of nitrogens with one attached hydrogen (secondary N) is 13. The number of hydrogen-bond donors (Lipinski definition) is 24. The van der Waals surface area contributed by atoms with Gasteiger partial charge < -0.3 is 125 Å². The van der Waals surface area contributed by atoms with Crippen LogP contribution in [-0.2, 0) is 84.8 Å². The van der Waals surface area contributed by atoms with E-state index in [4.69, 9.17) is 45.9 Å². The minimum absolute atomic E-state index is 0.00415. The molecule has 0 radical (unpaired) electrons. The molecular weight excluding hydrogens is 1500 g/mol. The van der Waals surface area contributed by atoms with Gasteiger partial charge in [0.1, 0.15) is 66.7 Å². The molecular formula is C70H114N24O16S2. The van der Waals surface area contributed by atoms with Gasteiger partial charge in [0, 0.05) is 44.0 Å². The number of aliphatic imine (C=N–C) groups is 3. The summed E-state index contributed by atoms with van der Waals surface area (Å²) in [5, 5.41) is 42.8. The van der Waals surface area contributed by atoms with E-state index in [1.807, 2.05) is 0 Å². The van der Waals surface area contributed by atoms with Gasteiger partial charge >= 0.3 is 5.97 Å². The van der Waals surface area contributed by atoms with Crippen molar-refractivity contribution in [3.8, 4) is 0 Å². The third kappa shape index (κ3) is 38.2. The first-order valence-corrected chi connectivity index (χ1v) is 37.8. The number of benzene rings is 2. The molecule has 14 atom stereocenters. The maximum Gasteiger partial charge on any atom is 0.305 e. The lowest BCUT2D eigenvalue weighted by molar-refractivity contribution is -0.142. The van der Waals surface area contributed by atoms with Gasteiger partial charge in [-0.1, -0.05) is 101 Å². The highest BCUT2D eigenvalue weighted by Crippen LogP contribution is 2.15. The van der Waals surface area contributed by atoms with Crippen molar-refractivity contribution < 1.29 is 77.0 Å². The third-order valence-electron chi connectivity index (χ3n) is 17.4. The van der Waals surface area contributed by atoms with Gasteiger partial charge in [0.25, 0.3) is 0 Å². The fourth-order valence-electron chi connectivity index (χ4n) is 10.6. The maximum atomic E-state index is 14.5. The molecule has 0 bridgehead atoms. The number of amides is 13. The number of carbonyl (C=O) groups is 15. The number of carboxylic acids is 1.